The molecule has 90 valence electrons. The minimum absolute atomic E-state index is 0.780. The minimum Gasteiger partial charge on any atom is -0.365 e. The molecule has 0 unspecified atom stereocenters. The van der Waals surface area contributed by atoms with Crippen LogP contribution in [0, 0.1) is 6.92 Å². The van der Waals surface area contributed by atoms with Crippen LogP contribution >= 0.6 is 11.3 Å². The van der Waals surface area contributed by atoms with Crippen molar-refractivity contribution in [1.82, 2.24) is 9.97 Å². The van der Waals surface area contributed by atoms with Gasteiger partial charge in [-0.05, 0) is 23.9 Å². The van der Waals surface area contributed by atoms with E-state index < -0.39 is 0 Å². The number of nitrogens with zero attached hydrogens (tertiary/aromatic N) is 2. The maximum Gasteiger partial charge on any atom is 0.138 e. The molecule has 0 aliphatic carbocycles. The lowest BCUT2D eigenvalue weighted by molar-refractivity contribution is 1.06. The molecule has 0 bridgehead atoms. The van der Waals surface area contributed by atoms with E-state index in [1.165, 1.54) is 5.56 Å². The third-order valence-corrected chi connectivity index (χ3v) is 3.55. The molecule has 0 fully saturated rings. The second-order valence-electron chi connectivity index (χ2n) is 4.10. The average molecular weight is 255 g/mol. The first-order valence-corrected chi connectivity index (χ1v) is 6.70. The predicted molar refractivity (Wildman–Crippen MR) is 75.9 cm³/mol. The molecule has 3 nitrogen and oxygen atoms in total. The molecule has 2 aromatic heterocycles. The van der Waals surface area contributed by atoms with Crippen molar-refractivity contribution in [3.05, 3.63) is 53.2 Å². The molecule has 0 amide bonds. The van der Waals surface area contributed by atoms with Crippen molar-refractivity contribution in [3.8, 4) is 0 Å². The Hall–Kier alpha value is -1.94. The van der Waals surface area contributed by atoms with Gasteiger partial charge in [-0.1, -0.05) is 30.3 Å². The lowest BCUT2D eigenvalue weighted by atomic mass is 10.2. The molecule has 18 heavy (non-hydrogen) atoms. The fraction of sp³-hybridized carbons (Fsp3) is 0.143. The number of thiophene rings is 1. The molecule has 2 heterocycles. The quantitative estimate of drug-likeness (QED) is 0.777. The van der Waals surface area contributed by atoms with Gasteiger partial charge in [-0.25, -0.2) is 9.97 Å². The summed E-state index contributed by atoms with van der Waals surface area (Å²) < 4.78 is 0. The topological polar surface area (TPSA) is 37.8 Å². The van der Waals surface area contributed by atoms with Gasteiger partial charge in [0.1, 0.15) is 16.5 Å². The van der Waals surface area contributed by atoms with E-state index in [-0.39, 0.29) is 0 Å². The molecular formula is C14H13N3S. The normalized spacial score (nSPS) is 10.7. The molecule has 0 saturated heterocycles. The molecule has 3 aromatic rings. The Labute approximate surface area is 110 Å². The fourth-order valence-electron chi connectivity index (χ4n) is 1.88. The first-order chi connectivity index (χ1) is 8.83. The van der Waals surface area contributed by atoms with Gasteiger partial charge in [0, 0.05) is 6.54 Å². The molecule has 3 rings (SSSR count). The first-order valence-electron chi connectivity index (χ1n) is 5.82. The van der Waals surface area contributed by atoms with E-state index in [0.29, 0.717) is 0 Å². The third-order valence-electron chi connectivity index (χ3n) is 2.74. The van der Waals surface area contributed by atoms with Crippen LogP contribution in [0.3, 0.4) is 0 Å². The summed E-state index contributed by atoms with van der Waals surface area (Å²) in [6.45, 7) is 2.70. The molecule has 0 atom stereocenters. The van der Waals surface area contributed by atoms with Gasteiger partial charge in [-0.15, -0.1) is 11.3 Å². The lowest BCUT2D eigenvalue weighted by Gasteiger charge is -2.07. The van der Waals surface area contributed by atoms with Gasteiger partial charge in [0.2, 0.25) is 0 Å². The minimum atomic E-state index is 0.780. The monoisotopic (exact) mass is 255 g/mol. The number of rotatable bonds is 3. The number of anilines is 1. The van der Waals surface area contributed by atoms with Crippen molar-refractivity contribution in [2.24, 2.45) is 0 Å². The molecule has 4 heteroatoms. The molecular weight excluding hydrogens is 242 g/mol. The van der Waals surface area contributed by atoms with Crippen LogP contribution in [0.2, 0.25) is 0 Å². The van der Waals surface area contributed by atoms with Crippen LogP contribution in [-0.2, 0) is 6.54 Å². The third kappa shape index (κ3) is 2.19. The largest absolute Gasteiger partial charge is 0.365 e. The average Bonchev–Trinajstić information content (AvgIpc) is 2.85. The second kappa shape index (κ2) is 4.74. The first kappa shape index (κ1) is 11.2. The highest BCUT2D eigenvalue weighted by molar-refractivity contribution is 7.16. The van der Waals surface area contributed by atoms with Crippen LogP contribution in [0.4, 0.5) is 5.82 Å². The van der Waals surface area contributed by atoms with Crippen molar-refractivity contribution in [1.29, 1.82) is 0 Å². The Morgan fingerprint density at radius 2 is 1.94 bits per heavy atom. The van der Waals surface area contributed by atoms with E-state index in [2.05, 4.69) is 33.5 Å². The summed E-state index contributed by atoms with van der Waals surface area (Å²) in [4.78, 5) is 9.93. The number of hydrogen-bond donors (Lipinski definition) is 1. The fourth-order valence-corrected chi connectivity index (χ4v) is 2.69. The number of fused-ring (bicyclic) bond motifs is 1. The zero-order valence-corrected chi connectivity index (χ0v) is 10.9. The zero-order chi connectivity index (χ0) is 12.4. The molecule has 1 N–H and O–H groups in total. The van der Waals surface area contributed by atoms with Crippen LogP contribution in [-0.4, -0.2) is 9.97 Å². The van der Waals surface area contributed by atoms with Gasteiger partial charge < -0.3 is 5.32 Å². The van der Waals surface area contributed by atoms with Crippen molar-refractivity contribution < 1.29 is 0 Å². The Morgan fingerprint density at radius 3 is 2.78 bits per heavy atom. The van der Waals surface area contributed by atoms with E-state index >= 15 is 0 Å². The number of benzene rings is 1. The Balaban J connectivity index is 1.88. The van der Waals surface area contributed by atoms with Crippen LogP contribution < -0.4 is 5.32 Å². The Kier molecular flexibility index (Phi) is 2.94. The van der Waals surface area contributed by atoms with Gasteiger partial charge in [0.15, 0.2) is 0 Å². The number of aryl methyl sites for hydroxylation is 1. The van der Waals surface area contributed by atoms with Gasteiger partial charge in [0.05, 0.1) is 5.39 Å². The van der Waals surface area contributed by atoms with Crippen LogP contribution in [0.1, 0.15) is 11.4 Å². The van der Waals surface area contributed by atoms with Crippen LogP contribution in [0.15, 0.2) is 41.8 Å². The molecule has 0 aliphatic rings. The second-order valence-corrected chi connectivity index (χ2v) is 4.99. The SMILES string of the molecule is Cc1nc(NCc2ccccc2)c2ccsc2n1. The van der Waals surface area contributed by atoms with E-state index in [1.807, 2.05) is 30.5 Å². The van der Waals surface area contributed by atoms with Crippen LogP contribution in [0.5, 0.6) is 0 Å². The van der Waals surface area contributed by atoms with Crippen molar-refractivity contribution in [3.63, 3.8) is 0 Å². The standard InChI is InChI=1S/C14H13N3S/c1-10-16-13(12-7-8-18-14(12)17-10)15-9-11-5-3-2-4-6-11/h2-8H,9H2,1H3,(H,15,16,17). The van der Waals surface area contributed by atoms with Gasteiger partial charge in [0.25, 0.3) is 0 Å². The Morgan fingerprint density at radius 1 is 1.11 bits per heavy atom. The highest BCUT2D eigenvalue weighted by Gasteiger charge is 2.06. The van der Waals surface area contributed by atoms with E-state index in [4.69, 9.17) is 0 Å². The van der Waals surface area contributed by atoms with Gasteiger partial charge in [-0.3, -0.25) is 0 Å². The van der Waals surface area contributed by atoms with Crippen LogP contribution in [0.25, 0.3) is 10.2 Å². The maximum atomic E-state index is 4.47. The van der Waals surface area contributed by atoms with Gasteiger partial charge in [-0.2, -0.15) is 0 Å². The van der Waals surface area contributed by atoms with Crippen molar-refractivity contribution in [2.45, 2.75) is 13.5 Å². The van der Waals surface area contributed by atoms with Crippen molar-refractivity contribution >= 4 is 27.4 Å². The van der Waals surface area contributed by atoms with Crippen molar-refractivity contribution in [2.75, 3.05) is 5.32 Å². The highest BCUT2D eigenvalue weighted by atomic mass is 32.1. The van der Waals surface area contributed by atoms with Gasteiger partial charge >= 0.3 is 0 Å². The summed E-state index contributed by atoms with van der Waals surface area (Å²) in [5, 5.41) is 6.53. The maximum absolute atomic E-state index is 4.47. The lowest BCUT2D eigenvalue weighted by Crippen LogP contribution is -2.03. The molecule has 0 spiro atoms. The van der Waals surface area contributed by atoms with E-state index in [0.717, 1.165) is 28.4 Å². The molecule has 1 aromatic carbocycles. The highest BCUT2D eigenvalue weighted by Crippen LogP contribution is 2.25. The molecule has 0 aliphatic heterocycles. The summed E-state index contributed by atoms with van der Waals surface area (Å²) in [7, 11) is 0. The molecule has 0 radical (unpaired) electrons. The van der Waals surface area contributed by atoms with E-state index in [9.17, 15) is 0 Å². The number of nitrogens with one attached hydrogen (secondary N) is 1. The summed E-state index contributed by atoms with van der Waals surface area (Å²) >= 11 is 1.65. The van der Waals surface area contributed by atoms with E-state index in [1.54, 1.807) is 11.3 Å². The molecule has 0 saturated carbocycles. The summed E-state index contributed by atoms with van der Waals surface area (Å²) in [6.07, 6.45) is 0. The zero-order valence-electron chi connectivity index (χ0n) is 10.1. The number of aromatic nitrogens is 2. The summed E-state index contributed by atoms with van der Waals surface area (Å²) in [6, 6.07) is 12.4. The summed E-state index contributed by atoms with van der Waals surface area (Å²) in [5.41, 5.74) is 1.25. The number of hydrogen-bond acceptors (Lipinski definition) is 4. The predicted octanol–water partition coefficient (Wildman–Crippen LogP) is 3.61. The summed E-state index contributed by atoms with van der Waals surface area (Å²) in [5.74, 6) is 1.73. The smallest absolute Gasteiger partial charge is 0.138 e. The Bertz CT molecular complexity index is 661.